The van der Waals surface area contributed by atoms with Gasteiger partial charge in [0.05, 0.1) is 0 Å². The van der Waals surface area contributed by atoms with Gasteiger partial charge in [0.2, 0.25) is 5.91 Å². The number of benzene rings is 1. The van der Waals surface area contributed by atoms with Gasteiger partial charge in [-0.15, -0.1) is 0 Å². The Morgan fingerprint density at radius 3 is 2.31 bits per heavy atom. The van der Waals surface area contributed by atoms with E-state index in [9.17, 15) is 9.59 Å². The van der Waals surface area contributed by atoms with Crippen molar-refractivity contribution in [2.45, 2.75) is 32.7 Å². The normalized spacial score (nSPS) is 11.9. The third-order valence-electron chi connectivity index (χ3n) is 4.15. The molecular formula is C20H33N3O2S. The molecule has 1 aromatic carbocycles. The Hall–Kier alpha value is -1.69. The second-order valence-corrected chi connectivity index (χ2v) is 8.07. The van der Waals surface area contributed by atoms with Gasteiger partial charge < -0.3 is 15.1 Å². The molecule has 0 heterocycles. The quantitative estimate of drug-likeness (QED) is 0.680. The largest absolute Gasteiger partial charge is 0.347 e. The Labute approximate surface area is 162 Å². The maximum atomic E-state index is 12.8. The molecule has 5 nitrogen and oxygen atoms in total. The summed E-state index contributed by atoms with van der Waals surface area (Å²) in [5, 5.41) is 2.97. The zero-order valence-corrected chi connectivity index (χ0v) is 17.5. The third-order valence-corrected chi connectivity index (χ3v) is 4.74. The highest BCUT2D eigenvalue weighted by Crippen LogP contribution is 2.08. The van der Waals surface area contributed by atoms with Crippen molar-refractivity contribution in [2.24, 2.45) is 5.92 Å². The lowest BCUT2D eigenvalue weighted by molar-refractivity contribution is -0.130. The maximum absolute atomic E-state index is 12.8. The molecule has 3 amide bonds. The zero-order valence-electron chi connectivity index (χ0n) is 16.7. The number of likely N-dealkylation sites (N-methyl/N-ethyl adjacent to an activating group) is 1. The lowest BCUT2D eigenvalue weighted by Crippen LogP contribution is -2.52. The highest BCUT2D eigenvalue weighted by atomic mass is 32.2. The van der Waals surface area contributed by atoms with Gasteiger partial charge in [0, 0.05) is 39.4 Å². The van der Waals surface area contributed by atoms with Crippen LogP contribution in [-0.2, 0) is 11.2 Å². The summed E-state index contributed by atoms with van der Waals surface area (Å²) in [5.74, 6) is 1.33. The topological polar surface area (TPSA) is 52.7 Å². The number of carbonyl (C=O) groups is 2. The second-order valence-electron chi connectivity index (χ2n) is 7.09. The molecule has 0 saturated heterocycles. The average molecular weight is 380 g/mol. The summed E-state index contributed by atoms with van der Waals surface area (Å²) in [5.41, 5.74) is 1.03. The Kier molecular flexibility index (Phi) is 10.2. The van der Waals surface area contributed by atoms with Crippen LogP contribution in [0.5, 0.6) is 0 Å². The molecule has 0 radical (unpaired) electrons. The first-order valence-electron chi connectivity index (χ1n) is 9.14. The van der Waals surface area contributed by atoms with Crippen molar-refractivity contribution in [3.8, 4) is 0 Å². The molecule has 146 valence electrons. The molecule has 26 heavy (non-hydrogen) atoms. The third kappa shape index (κ3) is 8.13. The maximum Gasteiger partial charge on any atom is 0.318 e. The lowest BCUT2D eigenvalue weighted by atomic mass is 10.1. The van der Waals surface area contributed by atoms with E-state index >= 15 is 0 Å². The first kappa shape index (κ1) is 22.4. The van der Waals surface area contributed by atoms with Crippen molar-refractivity contribution < 1.29 is 9.59 Å². The van der Waals surface area contributed by atoms with Crippen LogP contribution in [0.3, 0.4) is 0 Å². The monoisotopic (exact) mass is 379 g/mol. The van der Waals surface area contributed by atoms with Crippen LogP contribution in [0, 0.1) is 5.92 Å². The minimum atomic E-state index is -0.560. The van der Waals surface area contributed by atoms with E-state index in [0.717, 1.165) is 17.7 Å². The van der Waals surface area contributed by atoms with Crippen LogP contribution in [0.1, 0.15) is 25.8 Å². The molecule has 0 aliphatic heterocycles. The summed E-state index contributed by atoms with van der Waals surface area (Å²) in [7, 11) is 3.44. The van der Waals surface area contributed by atoms with Gasteiger partial charge in [0.1, 0.15) is 6.04 Å². The van der Waals surface area contributed by atoms with Crippen molar-refractivity contribution in [1.29, 1.82) is 0 Å². The van der Waals surface area contributed by atoms with Gasteiger partial charge >= 0.3 is 6.03 Å². The van der Waals surface area contributed by atoms with E-state index in [1.807, 2.05) is 41.5 Å². The zero-order chi connectivity index (χ0) is 19.5. The minimum absolute atomic E-state index is 0.0871. The van der Waals surface area contributed by atoms with Crippen molar-refractivity contribution in [3.05, 3.63) is 35.9 Å². The van der Waals surface area contributed by atoms with E-state index < -0.39 is 6.04 Å². The molecule has 0 aromatic heterocycles. The Bertz CT molecular complexity index is 549. The summed E-state index contributed by atoms with van der Waals surface area (Å²) in [4.78, 5) is 28.8. The molecule has 1 rings (SSSR count). The highest BCUT2D eigenvalue weighted by molar-refractivity contribution is 7.98. The molecule has 0 aliphatic carbocycles. The predicted octanol–water partition coefficient (Wildman–Crippen LogP) is 3.11. The van der Waals surface area contributed by atoms with Crippen LogP contribution in [0.2, 0.25) is 0 Å². The fourth-order valence-electron chi connectivity index (χ4n) is 2.53. The molecular weight excluding hydrogens is 346 g/mol. The van der Waals surface area contributed by atoms with Gasteiger partial charge in [-0.05, 0) is 24.2 Å². The molecule has 1 aromatic rings. The molecule has 0 spiro atoms. The van der Waals surface area contributed by atoms with E-state index in [0.29, 0.717) is 25.4 Å². The fraction of sp³-hybridized carbons (Fsp3) is 0.600. The lowest BCUT2D eigenvalue weighted by Gasteiger charge is -2.28. The summed E-state index contributed by atoms with van der Waals surface area (Å²) in [6.07, 6.45) is 3.48. The number of hydrogen-bond donors (Lipinski definition) is 1. The molecule has 0 unspecified atom stereocenters. The van der Waals surface area contributed by atoms with Crippen LogP contribution < -0.4 is 5.32 Å². The van der Waals surface area contributed by atoms with Crippen LogP contribution in [0.4, 0.5) is 4.79 Å². The van der Waals surface area contributed by atoms with E-state index in [-0.39, 0.29) is 11.9 Å². The van der Waals surface area contributed by atoms with Gasteiger partial charge in [-0.1, -0.05) is 44.2 Å². The fourth-order valence-corrected chi connectivity index (χ4v) is 2.94. The van der Waals surface area contributed by atoms with Gasteiger partial charge in [-0.2, -0.15) is 11.8 Å². The number of nitrogens with one attached hydrogen (secondary N) is 1. The number of urea groups is 1. The number of rotatable bonds is 10. The molecule has 0 saturated carbocycles. The van der Waals surface area contributed by atoms with Crippen LogP contribution in [-0.4, -0.2) is 67.0 Å². The summed E-state index contributed by atoms with van der Waals surface area (Å²) in [6, 6.07) is 9.08. The van der Waals surface area contributed by atoms with Gasteiger partial charge in [0.15, 0.2) is 0 Å². The predicted molar refractivity (Wildman–Crippen MR) is 111 cm³/mol. The number of thioether (sulfide) groups is 1. The summed E-state index contributed by atoms with van der Waals surface area (Å²) in [6.45, 7) is 5.70. The number of hydrogen-bond acceptors (Lipinski definition) is 3. The molecule has 0 fully saturated rings. The first-order valence-corrected chi connectivity index (χ1v) is 10.5. The Morgan fingerprint density at radius 2 is 1.77 bits per heavy atom. The summed E-state index contributed by atoms with van der Waals surface area (Å²) >= 11 is 1.72. The van der Waals surface area contributed by atoms with Crippen molar-refractivity contribution >= 4 is 23.7 Å². The van der Waals surface area contributed by atoms with E-state index in [1.54, 1.807) is 25.9 Å². The first-order chi connectivity index (χ1) is 12.3. The van der Waals surface area contributed by atoms with Crippen molar-refractivity contribution in [2.75, 3.05) is 39.2 Å². The van der Waals surface area contributed by atoms with Gasteiger partial charge in [0.25, 0.3) is 0 Å². The van der Waals surface area contributed by atoms with E-state index in [2.05, 4.69) is 19.2 Å². The Morgan fingerprint density at radius 1 is 1.12 bits per heavy atom. The molecule has 1 N–H and O–H groups in total. The standard InChI is InChI=1S/C20H33N3O2S/c1-16(2)11-12-23(13-14-26-5)20(25)21-18(19(24)22(3)4)15-17-9-7-6-8-10-17/h6-10,16,18H,11-15H2,1-5H3,(H,21,25)/t18-/m0/s1. The number of amides is 3. The highest BCUT2D eigenvalue weighted by Gasteiger charge is 2.25. The minimum Gasteiger partial charge on any atom is -0.347 e. The van der Waals surface area contributed by atoms with Crippen LogP contribution >= 0.6 is 11.8 Å². The SMILES string of the molecule is CSCCN(CCC(C)C)C(=O)N[C@@H](Cc1ccccc1)C(=O)N(C)C. The summed E-state index contributed by atoms with van der Waals surface area (Å²) < 4.78 is 0. The Balaban J connectivity index is 2.84. The number of nitrogens with zero attached hydrogens (tertiary/aromatic N) is 2. The van der Waals surface area contributed by atoms with Crippen molar-refractivity contribution in [1.82, 2.24) is 15.1 Å². The van der Waals surface area contributed by atoms with Gasteiger partial charge in [-0.25, -0.2) is 4.79 Å². The van der Waals surface area contributed by atoms with Gasteiger partial charge in [-0.3, -0.25) is 4.79 Å². The second kappa shape index (κ2) is 11.8. The number of carbonyl (C=O) groups excluding carboxylic acids is 2. The smallest absolute Gasteiger partial charge is 0.318 e. The van der Waals surface area contributed by atoms with Crippen molar-refractivity contribution in [3.63, 3.8) is 0 Å². The molecule has 6 heteroatoms. The molecule has 0 bridgehead atoms. The van der Waals surface area contributed by atoms with Crippen LogP contribution in [0.15, 0.2) is 30.3 Å². The molecule has 0 aliphatic rings. The van der Waals surface area contributed by atoms with E-state index in [1.165, 1.54) is 4.90 Å². The average Bonchev–Trinajstić information content (AvgIpc) is 2.61. The molecule has 1 atom stereocenters. The van der Waals surface area contributed by atoms with E-state index in [4.69, 9.17) is 0 Å². The van der Waals surface area contributed by atoms with Crippen LogP contribution in [0.25, 0.3) is 0 Å².